The van der Waals surface area contributed by atoms with E-state index >= 15 is 0 Å². The summed E-state index contributed by atoms with van der Waals surface area (Å²) in [6.07, 6.45) is 5.03. The number of piperazine rings is 1. The van der Waals surface area contributed by atoms with E-state index in [1.807, 2.05) is 30.3 Å². The van der Waals surface area contributed by atoms with E-state index in [-0.39, 0.29) is 36.5 Å². The molecule has 35 heavy (non-hydrogen) atoms. The van der Waals surface area contributed by atoms with E-state index in [2.05, 4.69) is 5.32 Å². The van der Waals surface area contributed by atoms with E-state index in [9.17, 15) is 18.0 Å². The first kappa shape index (κ1) is 25.2. The van der Waals surface area contributed by atoms with Crippen LogP contribution in [0.2, 0.25) is 0 Å². The molecule has 2 aliphatic rings. The molecule has 2 fully saturated rings. The summed E-state index contributed by atoms with van der Waals surface area (Å²) < 4.78 is 33.2. The molecule has 2 aromatic carbocycles. The molecular formula is C26H33N3O5S. The fourth-order valence-electron chi connectivity index (χ4n) is 4.87. The highest BCUT2D eigenvalue weighted by Gasteiger charge is 2.50. The number of nitrogens with zero attached hydrogens (tertiary/aromatic N) is 2. The third-order valence-corrected chi connectivity index (χ3v) is 8.81. The lowest BCUT2D eigenvalue weighted by molar-refractivity contribution is -0.154. The number of sulfonamides is 1. The molecule has 9 heteroatoms. The lowest BCUT2D eigenvalue weighted by Gasteiger charge is -2.47. The number of carbonyl (C=O) groups excluding carboxylic acids is 2. The van der Waals surface area contributed by atoms with E-state index in [1.165, 1.54) is 24.1 Å². The van der Waals surface area contributed by atoms with Crippen LogP contribution in [0.4, 0.5) is 0 Å². The van der Waals surface area contributed by atoms with Crippen LogP contribution >= 0.6 is 0 Å². The molecule has 1 aliphatic carbocycles. The molecular weight excluding hydrogens is 466 g/mol. The third kappa shape index (κ3) is 5.36. The Bertz CT molecular complexity index is 1150. The number of rotatable bonds is 7. The van der Waals surface area contributed by atoms with Crippen molar-refractivity contribution in [2.45, 2.75) is 62.0 Å². The van der Waals surface area contributed by atoms with Gasteiger partial charge in [0.1, 0.15) is 11.3 Å². The quantitative estimate of drug-likeness (QED) is 0.632. The first-order valence-electron chi connectivity index (χ1n) is 12.0. The molecule has 4 rings (SSSR count). The number of carbonyl (C=O) groups is 2. The summed E-state index contributed by atoms with van der Waals surface area (Å²) >= 11 is 0. The Morgan fingerprint density at radius 2 is 1.71 bits per heavy atom. The first-order valence-corrected chi connectivity index (χ1v) is 13.5. The number of ether oxygens (including phenoxy) is 1. The van der Waals surface area contributed by atoms with E-state index < -0.39 is 21.5 Å². The van der Waals surface area contributed by atoms with Crippen molar-refractivity contribution in [1.29, 1.82) is 0 Å². The van der Waals surface area contributed by atoms with Gasteiger partial charge in [-0.1, -0.05) is 49.6 Å². The van der Waals surface area contributed by atoms with Gasteiger partial charge in [0.25, 0.3) is 0 Å². The third-order valence-electron chi connectivity index (χ3n) is 7.00. The number of methoxy groups -OCH3 is 1. The Labute approximate surface area is 207 Å². The van der Waals surface area contributed by atoms with Gasteiger partial charge < -0.3 is 15.0 Å². The van der Waals surface area contributed by atoms with Crippen molar-refractivity contribution in [3.05, 3.63) is 60.2 Å². The highest BCUT2D eigenvalue weighted by molar-refractivity contribution is 7.89. The summed E-state index contributed by atoms with van der Waals surface area (Å²) in [5.74, 6) is -0.189. The fraction of sp³-hybridized carbons (Fsp3) is 0.462. The molecule has 0 radical (unpaired) electrons. The smallest absolute Gasteiger partial charge is 0.247 e. The standard InChI is InChI=1S/C26H33N3O5S/c1-26(25(31)27-21-11-7-4-8-12-21)19-28(35(32,33)23-15-13-22(34-2)14-16-23)18-24(30)29(26)17-20-9-5-3-6-10-20/h3,5-6,9-10,13-16,21H,4,7-8,11-12,17-19H2,1-2H3,(H,27,31)/t26-/m1/s1. The second-order valence-electron chi connectivity index (χ2n) is 9.50. The lowest BCUT2D eigenvalue weighted by atomic mass is 9.91. The van der Waals surface area contributed by atoms with Gasteiger partial charge in [-0.2, -0.15) is 4.31 Å². The van der Waals surface area contributed by atoms with Crippen LogP contribution in [0.3, 0.4) is 0 Å². The summed E-state index contributed by atoms with van der Waals surface area (Å²) in [7, 11) is -2.50. The van der Waals surface area contributed by atoms with Crippen molar-refractivity contribution in [3.63, 3.8) is 0 Å². The Morgan fingerprint density at radius 3 is 2.34 bits per heavy atom. The van der Waals surface area contributed by atoms with Crippen molar-refractivity contribution >= 4 is 21.8 Å². The molecule has 0 bridgehead atoms. The molecule has 8 nitrogen and oxygen atoms in total. The summed E-state index contributed by atoms with van der Waals surface area (Å²) in [4.78, 5) is 28.7. The predicted molar refractivity (Wildman–Crippen MR) is 132 cm³/mol. The average Bonchev–Trinajstić information content (AvgIpc) is 2.87. The molecule has 1 aliphatic heterocycles. The summed E-state index contributed by atoms with van der Waals surface area (Å²) in [6, 6.07) is 15.5. The van der Waals surface area contributed by atoms with Gasteiger partial charge in [0.2, 0.25) is 21.8 Å². The number of hydrogen-bond donors (Lipinski definition) is 1. The topological polar surface area (TPSA) is 96.0 Å². The van der Waals surface area contributed by atoms with Crippen molar-refractivity contribution in [1.82, 2.24) is 14.5 Å². The maximum absolute atomic E-state index is 13.7. The normalized spacial score (nSPS) is 22.1. The highest BCUT2D eigenvalue weighted by Crippen LogP contribution is 2.30. The Hall–Kier alpha value is -2.91. The van der Waals surface area contributed by atoms with Crippen LogP contribution in [0.1, 0.15) is 44.6 Å². The van der Waals surface area contributed by atoms with Gasteiger partial charge in [-0.3, -0.25) is 9.59 Å². The van der Waals surface area contributed by atoms with Gasteiger partial charge in [0, 0.05) is 19.1 Å². The summed E-state index contributed by atoms with van der Waals surface area (Å²) in [5, 5.41) is 3.12. The zero-order valence-electron chi connectivity index (χ0n) is 20.3. The van der Waals surface area contributed by atoms with Crippen LogP contribution in [0.5, 0.6) is 5.75 Å². The molecule has 2 aromatic rings. The molecule has 2 amide bonds. The van der Waals surface area contributed by atoms with Gasteiger partial charge in [-0.15, -0.1) is 0 Å². The Morgan fingerprint density at radius 1 is 1.06 bits per heavy atom. The van der Waals surface area contributed by atoms with Crippen LogP contribution in [-0.4, -0.2) is 61.2 Å². The molecule has 1 heterocycles. The summed E-state index contributed by atoms with van der Waals surface area (Å²) in [6.45, 7) is 1.44. The highest BCUT2D eigenvalue weighted by atomic mass is 32.2. The SMILES string of the molecule is COc1ccc(S(=O)(=O)N2CC(=O)N(Cc3ccccc3)[C@@](C)(C(=O)NC3CCCCC3)C2)cc1. The minimum absolute atomic E-state index is 0.0373. The van der Waals surface area contributed by atoms with Crippen LogP contribution in [0, 0.1) is 0 Å². The monoisotopic (exact) mass is 499 g/mol. The van der Waals surface area contributed by atoms with Gasteiger partial charge >= 0.3 is 0 Å². The lowest BCUT2D eigenvalue weighted by Crippen LogP contribution is -2.70. The molecule has 1 saturated heterocycles. The Kier molecular flexibility index (Phi) is 7.47. The molecule has 1 N–H and O–H groups in total. The molecule has 188 valence electrons. The van der Waals surface area contributed by atoms with Crippen molar-refractivity contribution in [2.75, 3.05) is 20.2 Å². The maximum atomic E-state index is 13.7. The number of hydrogen-bond acceptors (Lipinski definition) is 5. The summed E-state index contributed by atoms with van der Waals surface area (Å²) in [5.41, 5.74) is -0.480. The molecule has 0 aromatic heterocycles. The van der Waals surface area contributed by atoms with Gasteiger partial charge in [-0.25, -0.2) is 8.42 Å². The largest absolute Gasteiger partial charge is 0.497 e. The van der Waals surface area contributed by atoms with E-state index in [0.29, 0.717) is 5.75 Å². The van der Waals surface area contributed by atoms with Crippen LogP contribution in [0.15, 0.2) is 59.5 Å². The van der Waals surface area contributed by atoms with Crippen molar-refractivity contribution in [2.24, 2.45) is 0 Å². The Balaban J connectivity index is 1.65. The van der Waals surface area contributed by atoms with Crippen LogP contribution < -0.4 is 10.1 Å². The van der Waals surface area contributed by atoms with E-state index in [1.54, 1.807) is 19.1 Å². The molecule has 1 saturated carbocycles. The predicted octanol–water partition coefficient (Wildman–Crippen LogP) is 2.94. The zero-order chi connectivity index (χ0) is 25.1. The molecule has 0 spiro atoms. The molecule has 0 unspecified atom stereocenters. The first-order chi connectivity index (χ1) is 16.7. The minimum atomic E-state index is -4.00. The van der Waals surface area contributed by atoms with E-state index in [4.69, 9.17) is 4.74 Å². The number of amides is 2. The average molecular weight is 500 g/mol. The van der Waals surface area contributed by atoms with E-state index in [0.717, 1.165) is 42.0 Å². The zero-order valence-corrected chi connectivity index (χ0v) is 21.1. The van der Waals surface area contributed by atoms with Crippen LogP contribution in [-0.2, 0) is 26.2 Å². The van der Waals surface area contributed by atoms with Gasteiger partial charge in [0.05, 0.1) is 18.6 Å². The van der Waals surface area contributed by atoms with Gasteiger partial charge in [0.15, 0.2) is 0 Å². The number of benzene rings is 2. The van der Waals surface area contributed by atoms with Crippen molar-refractivity contribution in [3.8, 4) is 5.75 Å². The van der Waals surface area contributed by atoms with Crippen molar-refractivity contribution < 1.29 is 22.7 Å². The fourth-order valence-corrected chi connectivity index (χ4v) is 6.35. The second kappa shape index (κ2) is 10.4. The number of nitrogens with one attached hydrogen (secondary N) is 1. The van der Waals surface area contributed by atoms with Gasteiger partial charge in [-0.05, 0) is 49.6 Å². The maximum Gasteiger partial charge on any atom is 0.247 e. The second-order valence-corrected chi connectivity index (χ2v) is 11.4. The minimum Gasteiger partial charge on any atom is -0.497 e. The molecule has 1 atom stereocenters. The van der Waals surface area contributed by atoms with Crippen LogP contribution in [0.25, 0.3) is 0 Å².